The number of rotatable bonds is 5. The smallest absolute Gasteiger partial charge is 0.264 e. The van der Waals surface area contributed by atoms with Crippen LogP contribution < -0.4 is 10.6 Å². The third kappa shape index (κ3) is 6.44. The molecule has 0 bridgehead atoms. The molecule has 0 saturated carbocycles. The van der Waals surface area contributed by atoms with Crippen LogP contribution in [0.15, 0.2) is 65.9 Å². The minimum absolute atomic E-state index is 0.163. The Labute approximate surface area is 190 Å². The summed E-state index contributed by atoms with van der Waals surface area (Å²) in [7, 11) is 0. The number of hydrogen-bond acceptors (Lipinski definition) is 4. The lowest BCUT2D eigenvalue weighted by atomic mass is 10.0. The van der Waals surface area contributed by atoms with Gasteiger partial charge in [-0.2, -0.15) is 0 Å². The summed E-state index contributed by atoms with van der Waals surface area (Å²) in [5.41, 5.74) is 2.67. The first-order valence-corrected chi connectivity index (χ1v) is 11.3. The third-order valence-corrected chi connectivity index (χ3v) is 5.65. The fourth-order valence-electron chi connectivity index (χ4n) is 3.96. The second-order valence-electron chi connectivity index (χ2n) is 8.49. The van der Waals surface area contributed by atoms with Gasteiger partial charge in [0.2, 0.25) is 0 Å². The Morgan fingerprint density at radius 3 is 2.50 bits per heavy atom. The van der Waals surface area contributed by atoms with E-state index in [9.17, 15) is 14.7 Å². The van der Waals surface area contributed by atoms with Gasteiger partial charge in [-0.05, 0) is 42.5 Å². The molecule has 0 spiro atoms. The molecule has 2 aromatic rings. The molecular formula is C26H33N3O3. The molecule has 0 atom stereocenters. The van der Waals surface area contributed by atoms with E-state index in [0.29, 0.717) is 18.7 Å². The fourth-order valence-corrected chi connectivity index (χ4v) is 3.96. The molecule has 170 valence electrons. The van der Waals surface area contributed by atoms with Crippen LogP contribution in [0.2, 0.25) is 0 Å². The number of amides is 2. The van der Waals surface area contributed by atoms with Gasteiger partial charge in [-0.15, -0.1) is 0 Å². The molecule has 0 aliphatic carbocycles. The number of allylic oxidation sites excluding steroid dienone is 1. The third-order valence-electron chi connectivity index (χ3n) is 5.65. The van der Waals surface area contributed by atoms with Crippen LogP contribution in [0.1, 0.15) is 50.2 Å². The maximum absolute atomic E-state index is 13.0. The Bertz CT molecular complexity index is 954. The van der Waals surface area contributed by atoms with Gasteiger partial charge in [0.05, 0.1) is 0 Å². The number of benzene rings is 2. The molecule has 0 fully saturated rings. The van der Waals surface area contributed by atoms with E-state index in [-0.39, 0.29) is 23.7 Å². The van der Waals surface area contributed by atoms with E-state index in [1.165, 1.54) is 5.56 Å². The number of nitrogens with zero attached hydrogens (tertiary/aromatic N) is 1. The molecule has 3 rings (SSSR count). The molecule has 2 amide bonds. The summed E-state index contributed by atoms with van der Waals surface area (Å²) in [6, 6.07) is 17.8. The van der Waals surface area contributed by atoms with Crippen molar-refractivity contribution in [1.82, 2.24) is 10.2 Å². The Balaban J connectivity index is 1.73. The van der Waals surface area contributed by atoms with E-state index in [1.54, 1.807) is 0 Å². The number of aliphatic hydroxyl groups is 1. The molecule has 0 saturated heterocycles. The van der Waals surface area contributed by atoms with Gasteiger partial charge in [0.25, 0.3) is 11.8 Å². The Morgan fingerprint density at radius 2 is 1.75 bits per heavy atom. The zero-order valence-corrected chi connectivity index (χ0v) is 18.9. The van der Waals surface area contributed by atoms with Crippen molar-refractivity contribution in [2.24, 2.45) is 0 Å². The van der Waals surface area contributed by atoms with Gasteiger partial charge in [-0.1, -0.05) is 62.4 Å². The number of carbonyl (C=O) groups excluding carboxylic acids is 2. The lowest BCUT2D eigenvalue weighted by Gasteiger charge is -2.22. The van der Waals surface area contributed by atoms with Crippen molar-refractivity contribution in [1.29, 1.82) is 0 Å². The molecule has 1 aliphatic rings. The summed E-state index contributed by atoms with van der Waals surface area (Å²) in [6.07, 6.45) is 1.70. The van der Waals surface area contributed by atoms with E-state index >= 15 is 0 Å². The minimum Gasteiger partial charge on any atom is -0.511 e. The lowest BCUT2D eigenvalue weighted by Crippen LogP contribution is -2.34. The van der Waals surface area contributed by atoms with Crippen molar-refractivity contribution in [2.75, 3.05) is 25.0 Å². The quantitative estimate of drug-likeness (QED) is 0.610. The average Bonchev–Trinajstić information content (AvgIpc) is 2.80. The van der Waals surface area contributed by atoms with E-state index < -0.39 is 11.8 Å². The number of anilines is 1. The van der Waals surface area contributed by atoms with Crippen LogP contribution in [-0.2, 0) is 16.1 Å². The van der Waals surface area contributed by atoms with Crippen molar-refractivity contribution < 1.29 is 14.7 Å². The zero-order valence-electron chi connectivity index (χ0n) is 18.9. The monoisotopic (exact) mass is 435 g/mol. The van der Waals surface area contributed by atoms with Crippen LogP contribution in [0.4, 0.5) is 5.69 Å². The molecule has 0 unspecified atom stereocenters. The second kappa shape index (κ2) is 11.5. The topological polar surface area (TPSA) is 81.7 Å². The summed E-state index contributed by atoms with van der Waals surface area (Å²) in [4.78, 5) is 28.1. The predicted molar refractivity (Wildman–Crippen MR) is 127 cm³/mol. The number of nitrogens with one attached hydrogen (secondary N) is 2. The fraction of sp³-hybridized carbons (Fsp3) is 0.385. The van der Waals surface area contributed by atoms with Crippen LogP contribution in [-0.4, -0.2) is 41.5 Å². The SMILES string of the molecule is CC(C)c1ccccc1NC(=O)/C1=C(\O)CCCN(Cc2ccccc2)CCCNC1=O. The summed E-state index contributed by atoms with van der Waals surface area (Å²) >= 11 is 0. The van der Waals surface area contributed by atoms with Crippen molar-refractivity contribution >= 4 is 17.5 Å². The van der Waals surface area contributed by atoms with Crippen LogP contribution in [0.3, 0.4) is 0 Å². The highest BCUT2D eigenvalue weighted by Gasteiger charge is 2.25. The first-order chi connectivity index (χ1) is 15.5. The lowest BCUT2D eigenvalue weighted by molar-refractivity contribution is -0.121. The van der Waals surface area contributed by atoms with Gasteiger partial charge in [0.1, 0.15) is 11.3 Å². The summed E-state index contributed by atoms with van der Waals surface area (Å²) in [5, 5.41) is 16.3. The second-order valence-corrected chi connectivity index (χ2v) is 8.49. The van der Waals surface area contributed by atoms with Crippen LogP contribution >= 0.6 is 0 Å². The number of carbonyl (C=O) groups is 2. The van der Waals surface area contributed by atoms with Crippen molar-refractivity contribution in [3.05, 3.63) is 77.1 Å². The molecule has 1 aliphatic heterocycles. The number of para-hydroxylation sites is 1. The Morgan fingerprint density at radius 1 is 1.06 bits per heavy atom. The maximum Gasteiger partial charge on any atom is 0.264 e. The Hall–Kier alpha value is -3.12. The first kappa shape index (κ1) is 23.5. The molecule has 32 heavy (non-hydrogen) atoms. The molecule has 6 nitrogen and oxygen atoms in total. The summed E-state index contributed by atoms with van der Waals surface area (Å²) in [6.45, 7) is 6.96. The molecule has 0 radical (unpaired) electrons. The molecule has 6 heteroatoms. The van der Waals surface area contributed by atoms with Gasteiger partial charge in [0.15, 0.2) is 0 Å². The van der Waals surface area contributed by atoms with Gasteiger partial charge in [-0.25, -0.2) is 0 Å². The number of hydrogen-bond donors (Lipinski definition) is 3. The van der Waals surface area contributed by atoms with Crippen molar-refractivity contribution in [3.8, 4) is 0 Å². The first-order valence-electron chi connectivity index (χ1n) is 11.3. The van der Waals surface area contributed by atoms with E-state index in [2.05, 4.69) is 27.7 Å². The van der Waals surface area contributed by atoms with Gasteiger partial charge in [0, 0.05) is 31.7 Å². The largest absolute Gasteiger partial charge is 0.511 e. The zero-order chi connectivity index (χ0) is 22.9. The molecule has 2 aromatic carbocycles. The highest BCUT2D eigenvalue weighted by atomic mass is 16.3. The Kier molecular flexibility index (Phi) is 8.45. The normalized spacial score (nSPS) is 18.7. The molecular weight excluding hydrogens is 402 g/mol. The van der Waals surface area contributed by atoms with Crippen molar-refractivity contribution in [2.45, 2.75) is 45.6 Å². The number of aliphatic hydroxyl groups excluding tert-OH is 1. The average molecular weight is 436 g/mol. The summed E-state index contributed by atoms with van der Waals surface area (Å²) < 4.78 is 0. The highest BCUT2D eigenvalue weighted by Crippen LogP contribution is 2.24. The van der Waals surface area contributed by atoms with Gasteiger partial charge in [-0.3, -0.25) is 14.5 Å². The minimum atomic E-state index is -0.575. The molecule has 0 aromatic heterocycles. The molecule has 1 heterocycles. The van der Waals surface area contributed by atoms with Crippen LogP contribution in [0.5, 0.6) is 0 Å². The van der Waals surface area contributed by atoms with Gasteiger partial charge < -0.3 is 15.7 Å². The standard InChI is InChI=1S/C26H33N3O3/c1-19(2)21-12-6-7-13-22(21)28-26(32)24-23(30)14-8-16-29(17-9-15-27-25(24)31)18-20-10-4-3-5-11-20/h3-7,10-13,19,30H,8-9,14-18H2,1-2H3,(H,27,31)(H,28,32)/b24-23-. The maximum atomic E-state index is 13.0. The predicted octanol–water partition coefficient (Wildman–Crippen LogP) is 4.36. The molecule has 3 N–H and O–H groups in total. The van der Waals surface area contributed by atoms with E-state index in [4.69, 9.17) is 0 Å². The van der Waals surface area contributed by atoms with E-state index in [1.807, 2.05) is 56.3 Å². The van der Waals surface area contributed by atoms with Crippen LogP contribution in [0, 0.1) is 0 Å². The van der Waals surface area contributed by atoms with E-state index in [0.717, 1.165) is 31.6 Å². The van der Waals surface area contributed by atoms with Crippen molar-refractivity contribution in [3.63, 3.8) is 0 Å². The van der Waals surface area contributed by atoms with Crippen LogP contribution in [0.25, 0.3) is 0 Å². The highest BCUT2D eigenvalue weighted by molar-refractivity contribution is 6.23. The van der Waals surface area contributed by atoms with Gasteiger partial charge >= 0.3 is 0 Å². The summed E-state index contributed by atoms with van der Waals surface area (Å²) in [5.74, 6) is -1.05.